The lowest BCUT2D eigenvalue weighted by Gasteiger charge is -2.29. The topological polar surface area (TPSA) is 51.4 Å². The van der Waals surface area contributed by atoms with Gasteiger partial charge >= 0.3 is 0 Å². The summed E-state index contributed by atoms with van der Waals surface area (Å²) < 4.78 is 5.21. The number of nitrogen functional groups attached to an aromatic ring is 1. The van der Waals surface area contributed by atoms with E-state index in [1.165, 1.54) is 0 Å². The number of nitrogens with two attached hydrogens (primary N) is 1. The second-order valence-corrected chi connectivity index (χ2v) is 5.07. The second kappa shape index (κ2) is 6.57. The molecule has 4 nitrogen and oxygen atoms in total. The van der Waals surface area contributed by atoms with Crippen molar-refractivity contribution in [3.63, 3.8) is 0 Å². The number of hydrogen-bond donors (Lipinski definition) is 1. The Kier molecular flexibility index (Phi) is 4.79. The van der Waals surface area contributed by atoms with Gasteiger partial charge in [0, 0.05) is 30.8 Å². The van der Waals surface area contributed by atoms with Crippen molar-refractivity contribution in [2.75, 3.05) is 30.9 Å². The molecule has 108 valence electrons. The number of ether oxygens (including phenoxy) is 1. The summed E-state index contributed by atoms with van der Waals surface area (Å²) in [6, 6.07) is 10.4. The van der Waals surface area contributed by atoms with Crippen LogP contribution in [0, 0.1) is 0 Å². The molecule has 0 fully saturated rings. The van der Waals surface area contributed by atoms with E-state index in [0.29, 0.717) is 12.6 Å². The normalized spacial score (nSPS) is 12.6. The van der Waals surface area contributed by atoms with Gasteiger partial charge in [-0.2, -0.15) is 0 Å². The van der Waals surface area contributed by atoms with Crippen molar-refractivity contribution in [3.05, 3.63) is 30.3 Å². The molecule has 1 heterocycles. The second-order valence-electron chi connectivity index (χ2n) is 5.07. The number of pyridine rings is 1. The maximum absolute atomic E-state index is 5.80. The number of nitrogens with zero attached hydrogens (tertiary/aromatic N) is 2. The first-order chi connectivity index (χ1) is 9.65. The van der Waals surface area contributed by atoms with E-state index in [-0.39, 0.29) is 0 Å². The summed E-state index contributed by atoms with van der Waals surface area (Å²) in [7, 11) is 1.73. The van der Waals surface area contributed by atoms with Crippen molar-refractivity contribution in [3.8, 4) is 0 Å². The first kappa shape index (κ1) is 14.6. The quantitative estimate of drug-likeness (QED) is 0.822. The summed E-state index contributed by atoms with van der Waals surface area (Å²) in [5, 5.41) is 1.07. The molecule has 0 amide bonds. The molecular formula is C16H23N3O. The molecular weight excluding hydrogens is 250 g/mol. The number of benzene rings is 1. The summed E-state index contributed by atoms with van der Waals surface area (Å²) >= 11 is 0. The molecule has 4 heteroatoms. The molecule has 20 heavy (non-hydrogen) atoms. The Morgan fingerprint density at radius 1 is 1.30 bits per heavy atom. The zero-order valence-electron chi connectivity index (χ0n) is 12.5. The van der Waals surface area contributed by atoms with E-state index in [2.05, 4.69) is 30.9 Å². The van der Waals surface area contributed by atoms with Gasteiger partial charge in [0.25, 0.3) is 0 Å². The highest BCUT2D eigenvalue weighted by atomic mass is 16.5. The molecule has 2 rings (SSSR count). The molecule has 0 radical (unpaired) electrons. The highest BCUT2D eigenvalue weighted by molar-refractivity contribution is 5.83. The van der Waals surface area contributed by atoms with E-state index in [4.69, 9.17) is 15.5 Å². The van der Waals surface area contributed by atoms with Crippen LogP contribution in [0.1, 0.15) is 20.3 Å². The Bertz CT molecular complexity index is 571. The molecule has 0 aliphatic heterocycles. The zero-order chi connectivity index (χ0) is 14.5. The first-order valence-corrected chi connectivity index (χ1v) is 7.07. The average molecular weight is 273 g/mol. The van der Waals surface area contributed by atoms with Gasteiger partial charge in [0.15, 0.2) is 0 Å². The third kappa shape index (κ3) is 3.20. The lowest BCUT2D eigenvalue weighted by atomic mass is 10.1. The number of aromatic nitrogens is 1. The minimum Gasteiger partial charge on any atom is -0.399 e. The summed E-state index contributed by atoms with van der Waals surface area (Å²) in [4.78, 5) is 7.04. The van der Waals surface area contributed by atoms with E-state index >= 15 is 0 Å². The molecule has 1 aromatic carbocycles. The predicted octanol–water partition coefficient (Wildman–Crippen LogP) is 3.07. The molecule has 1 aromatic heterocycles. The van der Waals surface area contributed by atoms with E-state index in [9.17, 15) is 0 Å². The van der Waals surface area contributed by atoms with Gasteiger partial charge in [-0.05, 0) is 43.7 Å². The largest absolute Gasteiger partial charge is 0.399 e. The van der Waals surface area contributed by atoms with Gasteiger partial charge < -0.3 is 15.4 Å². The first-order valence-electron chi connectivity index (χ1n) is 7.07. The third-order valence-corrected chi connectivity index (χ3v) is 3.65. The van der Waals surface area contributed by atoms with Gasteiger partial charge in [0.1, 0.15) is 5.82 Å². The lowest BCUT2D eigenvalue weighted by molar-refractivity contribution is 0.203. The number of methoxy groups -OCH3 is 1. The van der Waals surface area contributed by atoms with Gasteiger partial charge in [0.2, 0.25) is 0 Å². The maximum atomic E-state index is 5.80. The van der Waals surface area contributed by atoms with Gasteiger partial charge in [-0.15, -0.1) is 0 Å². The minimum atomic E-state index is 0.434. The van der Waals surface area contributed by atoms with E-state index in [1.54, 1.807) is 7.11 Å². The zero-order valence-corrected chi connectivity index (χ0v) is 12.5. The fraction of sp³-hybridized carbons (Fsp3) is 0.438. The molecule has 0 spiro atoms. The summed E-state index contributed by atoms with van der Waals surface area (Å²) in [5.74, 6) is 0.994. The lowest BCUT2D eigenvalue weighted by Crippen LogP contribution is -2.36. The number of anilines is 2. The molecule has 0 saturated heterocycles. The van der Waals surface area contributed by atoms with E-state index in [1.807, 2.05) is 18.2 Å². The molecule has 2 N–H and O–H groups in total. The molecule has 2 aromatic rings. The van der Waals surface area contributed by atoms with Crippen LogP contribution in [0.3, 0.4) is 0 Å². The Morgan fingerprint density at radius 3 is 2.80 bits per heavy atom. The highest BCUT2D eigenvalue weighted by Crippen LogP contribution is 2.22. The Hall–Kier alpha value is -1.81. The molecule has 0 bridgehead atoms. The number of rotatable bonds is 6. The van der Waals surface area contributed by atoms with Crippen LogP contribution in [0.4, 0.5) is 11.5 Å². The fourth-order valence-electron chi connectivity index (χ4n) is 2.26. The SMILES string of the molecule is CCC(C)N(CCOC)c1ccc2cc(N)ccc2n1. The minimum absolute atomic E-state index is 0.434. The Balaban J connectivity index is 2.34. The molecule has 1 atom stereocenters. The molecule has 0 aliphatic rings. The van der Waals surface area contributed by atoms with Gasteiger partial charge in [-0.3, -0.25) is 0 Å². The standard InChI is InChI=1S/C16H23N3O/c1-4-12(2)19(9-10-20-3)16-8-5-13-11-14(17)6-7-15(13)18-16/h5-8,11-12H,4,9-10,17H2,1-3H3. The molecule has 0 aliphatic carbocycles. The van der Waals surface area contributed by atoms with Crippen LogP contribution in [0.25, 0.3) is 10.9 Å². The van der Waals surface area contributed by atoms with Crippen LogP contribution in [-0.4, -0.2) is 31.3 Å². The highest BCUT2D eigenvalue weighted by Gasteiger charge is 2.14. The Morgan fingerprint density at radius 2 is 2.10 bits per heavy atom. The van der Waals surface area contributed by atoms with Crippen molar-refractivity contribution in [2.24, 2.45) is 0 Å². The van der Waals surface area contributed by atoms with Crippen molar-refractivity contribution >= 4 is 22.4 Å². The average Bonchev–Trinajstić information content (AvgIpc) is 2.47. The van der Waals surface area contributed by atoms with Gasteiger partial charge in [-0.1, -0.05) is 6.92 Å². The van der Waals surface area contributed by atoms with Crippen LogP contribution in [0.2, 0.25) is 0 Å². The van der Waals surface area contributed by atoms with Crippen molar-refractivity contribution in [1.82, 2.24) is 4.98 Å². The smallest absolute Gasteiger partial charge is 0.129 e. The van der Waals surface area contributed by atoms with Crippen molar-refractivity contribution < 1.29 is 4.74 Å². The molecule has 0 saturated carbocycles. The predicted molar refractivity (Wildman–Crippen MR) is 85.1 cm³/mol. The van der Waals surface area contributed by atoms with Crippen LogP contribution in [-0.2, 0) is 4.74 Å². The van der Waals surface area contributed by atoms with Gasteiger partial charge in [-0.25, -0.2) is 4.98 Å². The summed E-state index contributed by atoms with van der Waals surface area (Å²) in [6.45, 7) is 5.95. The monoisotopic (exact) mass is 273 g/mol. The third-order valence-electron chi connectivity index (χ3n) is 3.65. The van der Waals surface area contributed by atoms with Crippen LogP contribution < -0.4 is 10.6 Å². The summed E-state index contributed by atoms with van der Waals surface area (Å²) in [5.41, 5.74) is 7.55. The molecule has 1 unspecified atom stereocenters. The Labute approximate surface area is 120 Å². The van der Waals surface area contributed by atoms with Crippen LogP contribution in [0.5, 0.6) is 0 Å². The van der Waals surface area contributed by atoms with Crippen molar-refractivity contribution in [1.29, 1.82) is 0 Å². The van der Waals surface area contributed by atoms with Crippen LogP contribution in [0.15, 0.2) is 30.3 Å². The fourth-order valence-corrected chi connectivity index (χ4v) is 2.26. The van der Waals surface area contributed by atoms with Gasteiger partial charge in [0.05, 0.1) is 12.1 Å². The van der Waals surface area contributed by atoms with Crippen molar-refractivity contribution in [2.45, 2.75) is 26.3 Å². The van der Waals surface area contributed by atoms with Crippen LogP contribution >= 0.6 is 0 Å². The van der Waals surface area contributed by atoms with E-state index < -0.39 is 0 Å². The van der Waals surface area contributed by atoms with E-state index in [0.717, 1.165) is 35.4 Å². The number of hydrogen-bond acceptors (Lipinski definition) is 4. The maximum Gasteiger partial charge on any atom is 0.129 e. The number of fused-ring (bicyclic) bond motifs is 1. The summed E-state index contributed by atoms with van der Waals surface area (Å²) in [6.07, 6.45) is 1.07.